The van der Waals surface area contributed by atoms with Crippen molar-refractivity contribution in [2.24, 2.45) is 0 Å². The zero-order chi connectivity index (χ0) is 15.6. The van der Waals surface area contributed by atoms with E-state index >= 15 is 0 Å². The molecule has 5 nitrogen and oxygen atoms in total. The molecule has 1 amide bonds. The number of nitrogens with one attached hydrogen (secondary N) is 1. The second kappa shape index (κ2) is 6.18. The molecule has 22 heavy (non-hydrogen) atoms. The van der Waals surface area contributed by atoms with Gasteiger partial charge in [0.05, 0.1) is 22.7 Å². The molecule has 1 aromatic heterocycles. The molecule has 1 aliphatic rings. The maximum atomic E-state index is 12.1. The first-order chi connectivity index (χ1) is 10.5. The zero-order valence-corrected chi connectivity index (χ0v) is 13.5. The first kappa shape index (κ1) is 15.2. The van der Waals surface area contributed by atoms with Crippen LogP contribution in [0.15, 0.2) is 36.5 Å². The molecule has 1 N–H and O–H groups in total. The molecule has 0 radical (unpaired) electrons. The average Bonchev–Trinajstić information content (AvgIpc) is 3.07. The SMILES string of the molecule is O=C(NC1CCS(=O)(=O)C1)c1cnc(Cc2ccccc2)s1. The molecule has 2 aromatic rings. The molecule has 0 bridgehead atoms. The summed E-state index contributed by atoms with van der Waals surface area (Å²) in [5, 5.41) is 3.65. The van der Waals surface area contributed by atoms with E-state index in [9.17, 15) is 13.2 Å². The molecule has 0 aliphatic carbocycles. The summed E-state index contributed by atoms with van der Waals surface area (Å²) in [5.41, 5.74) is 1.14. The number of sulfone groups is 1. The van der Waals surface area contributed by atoms with Gasteiger partial charge in [-0.2, -0.15) is 0 Å². The highest BCUT2D eigenvalue weighted by molar-refractivity contribution is 7.91. The van der Waals surface area contributed by atoms with Crippen molar-refractivity contribution in [2.45, 2.75) is 18.9 Å². The maximum Gasteiger partial charge on any atom is 0.263 e. The lowest BCUT2D eigenvalue weighted by atomic mass is 10.2. The molecular weight excluding hydrogens is 320 g/mol. The summed E-state index contributed by atoms with van der Waals surface area (Å²) in [4.78, 5) is 16.9. The third-order valence-corrected chi connectivity index (χ3v) is 6.31. The molecule has 1 aromatic carbocycles. The highest BCUT2D eigenvalue weighted by Gasteiger charge is 2.29. The van der Waals surface area contributed by atoms with Crippen molar-refractivity contribution in [3.05, 3.63) is 52.0 Å². The Kier molecular flexibility index (Phi) is 4.26. The van der Waals surface area contributed by atoms with Crippen molar-refractivity contribution in [1.29, 1.82) is 0 Å². The van der Waals surface area contributed by atoms with Gasteiger partial charge in [-0.1, -0.05) is 30.3 Å². The van der Waals surface area contributed by atoms with Gasteiger partial charge in [0.15, 0.2) is 9.84 Å². The Morgan fingerprint density at radius 2 is 2.09 bits per heavy atom. The average molecular weight is 336 g/mol. The van der Waals surface area contributed by atoms with E-state index in [0.29, 0.717) is 17.7 Å². The molecule has 1 saturated heterocycles. The van der Waals surface area contributed by atoms with Crippen LogP contribution in [0, 0.1) is 0 Å². The van der Waals surface area contributed by atoms with Gasteiger partial charge in [-0.25, -0.2) is 13.4 Å². The second-order valence-corrected chi connectivity index (χ2v) is 8.70. The smallest absolute Gasteiger partial charge is 0.263 e. The first-order valence-corrected chi connectivity index (χ1v) is 9.65. The summed E-state index contributed by atoms with van der Waals surface area (Å²) >= 11 is 1.35. The number of rotatable bonds is 4. The van der Waals surface area contributed by atoms with Crippen LogP contribution >= 0.6 is 11.3 Å². The second-order valence-electron chi connectivity index (χ2n) is 5.35. The summed E-state index contributed by atoms with van der Waals surface area (Å²) in [6, 6.07) is 9.65. The van der Waals surface area contributed by atoms with Gasteiger partial charge in [-0.3, -0.25) is 4.79 Å². The van der Waals surface area contributed by atoms with Gasteiger partial charge < -0.3 is 5.32 Å². The Morgan fingerprint density at radius 1 is 1.32 bits per heavy atom. The van der Waals surface area contributed by atoms with Crippen LogP contribution in [0.1, 0.15) is 26.7 Å². The number of carbonyl (C=O) groups excluding carboxylic acids is 1. The highest BCUT2D eigenvalue weighted by atomic mass is 32.2. The summed E-state index contributed by atoms with van der Waals surface area (Å²) < 4.78 is 22.8. The number of aromatic nitrogens is 1. The van der Waals surface area contributed by atoms with Crippen LogP contribution in [-0.4, -0.2) is 36.9 Å². The lowest BCUT2D eigenvalue weighted by molar-refractivity contribution is 0.0945. The Bertz CT molecular complexity index is 769. The number of carbonyl (C=O) groups is 1. The van der Waals surface area contributed by atoms with Gasteiger partial charge >= 0.3 is 0 Å². The van der Waals surface area contributed by atoms with E-state index in [2.05, 4.69) is 10.3 Å². The fourth-order valence-electron chi connectivity index (χ4n) is 2.43. The molecule has 3 rings (SSSR count). The normalized spacial score (nSPS) is 19.9. The molecule has 0 spiro atoms. The van der Waals surface area contributed by atoms with Crippen molar-refractivity contribution in [3.63, 3.8) is 0 Å². The van der Waals surface area contributed by atoms with Gasteiger partial charge in [-0.05, 0) is 12.0 Å². The molecule has 116 valence electrons. The van der Waals surface area contributed by atoms with Crippen molar-refractivity contribution in [2.75, 3.05) is 11.5 Å². The Morgan fingerprint density at radius 3 is 2.77 bits per heavy atom. The number of hydrogen-bond acceptors (Lipinski definition) is 5. The van der Waals surface area contributed by atoms with Crippen LogP contribution in [0.4, 0.5) is 0 Å². The zero-order valence-electron chi connectivity index (χ0n) is 11.9. The van der Waals surface area contributed by atoms with Crippen LogP contribution in [0.25, 0.3) is 0 Å². The number of amides is 1. The molecule has 1 unspecified atom stereocenters. The molecular formula is C15H16N2O3S2. The molecule has 2 heterocycles. The van der Waals surface area contributed by atoms with Crippen molar-refractivity contribution < 1.29 is 13.2 Å². The van der Waals surface area contributed by atoms with E-state index in [0.717, 1.165) is 10.6 Å². The number of thiazole rings is 1. The molecule has 7 heteroatoms. The predicted octanol–water partition coefficient (Wildman–Crippen LogP) is 1.65. The minimum Gasteiger partial charge on any atom is -0.348 e. The van der Waals surface area contributed by atoms with Crippen molar-refractivity contribution >= 4 is 27.1 Å². The highest BCUT2D eigenvalue weighted by Crippen LogP contribution is 2.18. The van der Waals surface area contributed by atoms with Crippen LogP contribution in [0.3, 0.4) is 0 Å². The monoisotopic (exact) mass is 336 g/mol. The molecule has 0 saturated carbocycles. The van der Waals surface area contributed by atoms with Gasteiger partial charge in [-0.15, -0.1) is 11.3 Å². The van der Waals surface area contributed by atoms with Crippen molar-refractivity contribution in [3.8, 4) is 0 Å². The Labute approximate surface area is 133 Å². The van der Waals surface area contributed by atoms with E-state index in [4.69, 9.17) is 0 Å². The lowest BCUT2D eigenvalue weighted by Crippen LogP contribution is -2.35. The van der Waals surface area contributed by atoms with Crippen molar-refractivity contribution in [1.82, 2.24) is 10.3 Å². The minimum absolute atomic E-state index is 0.0361. The number of hydrogen-bond donors (Lipinski definition) is 1. The topological polar surface area (TPSA) is 76.1 Å². The summed E-state index contributed by atoms with van der Waals surface area (Å²) in [6.07, 6.45) is 2.74. The lowest BCUT2D eigenvalue weighted by Gasteiger charge is -2.08. The third kappa shape index (κ3) is 3.72. The third-order valence-electron chi connectivity index (χ3n) is 3.54. The minimum atomic E-state index is -2.99. The molecule has 1 aliphatic heterocycles. The standard InChI is InChI=1S/C15H16N2O3S2/c18-15(17-12-6-7-22(19,20)10-12)13-9-16-14(21-13)8-11-4-2-1-3-5-11/h1-5,9,12H,6-8,10H2,(H,17,18). The largest absolute Gasteiger partial charge is 0.348 e. The molecule has 1 fully saturated rings. The fraction of sp³-hybridized carbons (Fsp3) is 0.333. The van der Waals surface area contributed by atoms with E-state index in [1.165, 1.54) is 11.3 Å². The van der Waals surface area contributed by atoms with E-state index in [1.807, 2.05) is 30.3 Å². The Hall–Kier alpha value is -1.73. The molecule has 1 atom stereocenters. The van der Waals surface area contributed by atoms with Gasteiger partial charge in [0.2, 0.25) is 0 Å². The quantitative estimate of drug-likeness (QED) is 0.921. The van der Waals surface area contributed by atoms with Crippen LogP contribution in [-0.2, 0) is 16.3 Å². The van der Waals surface area contributed by atoms with Crippen LogP contribution in [0.2, 0.25) is 0 Å². The fourth-order valence-corrected chi connectivity index (χ4v) is 4.96. The maximum absolute atomic E-state index is 12.1. The number of nitrogens with zero attached hydrogens (tertiary/aromatic N) is 1. The van der Waals surface area contributed by atoms with Gasteiger partial charge in [0.25, 0.3) is 5.91 Å². The summed E-state index contributed by atoms with van der Waals surface area (Å²) in [7, 11) is -2.99. The van der Waals surface area contributed by atoms with E-state index in [-0.39, 0.29) is 23.5 Å². The van der Waals surface area contributed by atoms with Crippen LogP contribution < -0.4 is 5.32 Å². The van der Waals surface area contributed by atoms with E-state index in [1.54, 1.807) is 6.20 Å². The first-order valence-electron chi connectivity index (χ1n) is 7.02. The number of benzene rings is 1. The van der Waals surface area contributed by atoms with E-state index < -0.39 is 9.84 Å². The van der Waals surface area contributed by atoms with Gasteiger partial charge in [0, 0.05) is 12.5 Å². The van der Waals surface area contributed by atoms with Gasteiger partial charge in [0.1, 0.15) is 4.88 Å². The van der Waals surface area contributed by atoms with Crippen LogP contribution in [0.5, 0.6) is 0 Å². The predicted molar refractivity (Wildman–Crippen MR) is 85.9 cm³/mol. The Balaban J connectivity index is 1.62. The summed E-state index contributed by atoms with van der Waals surface area (Å²) in [5.74, 6) is -0.0483. The summed E-state index contributed by atoms with van der Waals surface area (Å²) in [6.45, 7) is 0.